The summed E-state index contributed by atoms with van der Waals surface area (Å²) in [6, 6.07) is 1.87. The first-order valence-corrected chi connectivity index (χ1v) is 5.62. The van der Waals surface area contributed by atoms with Gasteiger partial charge in [-0.2, -0.15) is 0 Å². The van der Waals surface area contributed by atoms with Gasteiger partial charge in [-0.25, -0.2) is 0 Å². The molecule has 0 amide bonds. The number of hydrogen-bond donors (Lipinski definition) is 1. The Kier molecular flexibility index (Phi) is 2.40. The second kappa shape index (κ2) is 3.37. The highest BCUT2D eigenvalue weighted by Gasteiger charge is 2.37. The van der Waals surface area contributed by atoms with Crippen molar-refractivity contribution in [2.24, 2.45) is 11.8 Å². The average Bonchev–Trinajstić information content (AvgIpc) is 2.07. The van der Waals surface area contributed by atoms with Crippen molar-refractivity contribution in [3.63, 3.8) is 0 Å². The molecule has 1 saturated heterocycles. The van der Waals surface area contributed by atoms with Gasteiger partial charge in [0.2, 0.25) is 0 Å². The van der Waals surface area contributed by atoms with Gasteiger partial charge in [-0.1, -0.05) is 13.3 Å². The highest BCUT2D eigenvalue weighted by Crippen LogP contribution is 2.32. The molecule has 2 aliphatic rings. The third-order valence-electron chi connectivity index (χ3n) is 3.98. The minimum atomic E-state index is 0.895. The Labute approximate surface area is 75.9 Å². The van der Waals surface area contributed by atoms with Crippen LogP contribution in [-0.2, 0) is 0 Å². The van der Waals surface area contributed by atoms with Crippen molar-refractivity contribution in [1.29, 1.82) is 0 Å². The molecular formula is C11H22N+. The van der Waals surface area contributed by atoms with Crippen LogP contribution in [0.25, 0.3) is 0 Å². The second-order valence-electron chi connectivity index (χ2n) is 4.99. The zero-order chi connectivity index (χ0) is 8.55. The number of fused-ring (bicyclic) bond motifs is 1. The topological polar surface area (TPSA) is 16.6 Å². The fraction of sp³-hybridized carbons (Fsp3) is 1.00. The second-order valence-corrected chi connectivity index (χ2v) is 4.99. The van der Waals surface area contributed by atoms with Gasteiger partial charge >= 0.3 is 0 Å². The Morgan fingerprint density at radius 2 is 1.83 bits per heavy atom. The first-order chi connectivity index (χ1) is 5.77. The van der Waals surface area contributed by atoms with Crippen molar-refractivity contribution in [3.05, 3.63) is 0 Å². The normalized spacial score (nSPS) is 48.5. The number of nitrogens with two attached hydrogens (primary N) is 1. The van der Waals surface area contributed by atoms with Crippen LogP contribution in [0.15, 0.2) is 0 Å². The van der Waals surface area contributed by atoms with Gasteiger partial charge in [-0.3, -0.25) is 0 Å². The predicted molar refractivity (Wildman–Crippen MR) is 50.9 cm³/mol. The maximum atomic E-state index is 2.65. The van der Waals surface area contributed by atoms with Gasteiger partial charge in [-0.15, -0.1) is 0 Å². The van der Waals surface area contributed by atoms with E-state index in [-0.39, 0.29) is 0 Å². The van der Waals surface area contributed by atoms with Crippen LogP contribution in [0.4, 0.5) is 0 Å². The van der Waals surface area contributed by atoms with Crippen molar-refractivity contribution in [1.82, 2.24) is 0 Å². The third-order valence-corrected chi connectivity index (χ3v) is 3.98. The molecule has 0 aromatic heterocycles. The van der Waals surface area contributed by atoms with E-state index in [1.807, 2.05) is 0 Å². The molecule has 1 heteroatoms. The first kappa shape index (κ1) is 8.55. The van der Waals surface area contributed by atoms with Crippen molar-refractivity contribution in [2.75, 3.05) is 0 Å². The molecule has 2 fully saturated rings. The van der Waals surface area contributed by atoms with Gasteiger partial charge < -0.3 is 5.32 Å². The standard InChI is InChI=1S/C11H21N/c1-8-4-3-5-10-7-6-9(2)12-11(8)10/h8-12H,3-7H2,1-2H3/p+1/t8-,9-,10-,11+/m1/s1. The molecule has 0 radical (unpaired) electrons. The monoisotopic (exact) mass is 168 g/mol. The largest absolute Gasteiger partial charge is 0.341 e. The van der Waals surface area contributed by atoms with Crippen molar-refractivity contribution >= 4 is 0 Å². The molecule has 1 heterocycles. The first-order valence-electron chi connectivity index (χ1n) is 5.62. The van der Waals surface area contributed by atoms with Gasteiger partial charge in [0.05, 0.1) is 12.1 Å². The minimum absolute atomic E-state index is 0.895. The molecule has 1 aliphatic heterocycles. The van der Waals surface area contributed by atoms with E-state index in [9.17, 15) is 0 Å². The van der Waals surface area contributed by atoms with Crippen LogP contribution in [0.2, 0.25) is 0 Å². The molecule has 2 N–H and O–H groups in total. The number of rotatable bonds is 0. The third kappa shape index (κ3) is 1.52. The number of hydrogen-bond acceptors (Lipinski definition) is 0. The molecule has 0 aromatic carbocycles. The lowest BCUT2D eigenvalue weighted by Gasteiger charge is -2.40. The summed E-state index contributed by atoms with van der Waals surface area (Å²) < 4.78 is 0. The highest BCUT2D eigenvalue weighted by atomic mass is 15.0. The fourth-order valence-electron chi connectivity index (χ4n) is 3.19. The van der Waals surface area contributed by atoms with Crippen LogP contribution in [0.3, 0.4) is 0 Å². The Morgan fingerprint density at radius 3 is 2.67 bits per heavy atom. The van der Waals surface area contributed by atoms with E-state index in [4.69, 9.17) is 0 Å². The van der Waals surface area contributed by atoms with E-state index in [0.717, 1.165) is 23.9 Å². The van der Waals surface area contributed by atoms with Crippen LogP contribution in [-0.4, -0.2) is 12.1 Å². The van der Waals surface area contributed by atoms with Gasteiger partial charge in [0.1, 0.15) is 0 Å². The predicted octanol–water partition coefficient (Wildman–Crippen LogP) is 1.54. The van der Waals surface area contributed by atoms with Crippen LogP contribution >= 0.6 is 0 Å². The zero-order valence-electron chi connectivity index (χ0n) is 8.42. The van der Waals surface area contributed by atoms with E-state index >= 15 is 0 Å². The van der Waals surface area contributed by atoms with E-state index in [2.05, 4.69) is 19.2 Å². The fourth-order valence-corrected chi connectivity index (χ4v) is 3.19. The molecular weight excluding hydrogens is 146 g/mol. The molecule has 0 unspecified atom stereocenters. The summed E-state index contributed by atoms with van der Waals surface area (Å²) in [6.07, 6.45) is 7.44. The van der Waals surface area contributed by atoms with E-state index in [1.165, 1.54) is 32.1 Å². The number of quaternary nitrogens is 1. The zero-order valence-corrected chi connectivity index (χ0v) is 8.42. The van der Waals surface area contributed by atoms with Crippen molar-refractivity contribution in [3.8, 4) is 0 Å². The molecule has 12 heavy (non-hydrogen) atoms. The molecule has 1 nitrogen and oxygen atoms in total. The Hall–Kier alpha value is -0.0400. The molecule has 2 rings (SSSR count). The SMILES string of the molecule is C[C@@H]1CC[C@H]2CCC[C@@H](C)[C@@H]2[NH2+]1. The molecule has 70 valence electrons. The summed E-state index contributed by atoms with van der Waals surface area (Å²) in [5.74, 6) is 2.04. The summed E-state index contributed by atoms with van der Waals surface area (Å²) in [4.78, 5) is 0. The Balaban J connectivity index is 2.00. The number of piperidine rings is 1. The summed E-state index contributed by atoms with van der Waals surface area (Å²) in [7, 11) is 0. The van der Waals surface area contributed by atoms with Gasteiger partial charge in [-0.05, 0) is 32.6 Å². The molecule has 0 bridgehead atoms. The average molecular weight is 168 g/mol. The minimum Gasteiger partial charge on any atom is -0.341 e. The summed E-state index contributed by atoms with van der Waals surface area (Å²) >= 11 is 0. The highest BCUT2D eigenvalue weighted by molar-refractivity contribution is 4.82. The van der Waals surface area contributed by atoms with Gasteiger partial charge in [0.15, 0.2) is 0 Å². The maximum absolute atomic E-state index is 2.65. The lowest BCUT2D eigenvalue weighted by molar-refractivity contribution is -0.741. The van der Waals surface area contributed by atoms with E-state index < -0.39 is 0 Å². The van der Waals surface area contributed by atoms with Crippen LogP contribution in [0.1, 0.15) is 46.0 Å². The quantitative estimate of drug-likeness (QED) is 0.565. The van der Waals surface area contributed by atoms with Crippen LogP contribution in [0, 0.1) is 11.8 Å². The Morgan fingerprint density at radius 1 is 1.00 bits per heavy atom. The Bertz CT molecular complexity index is 155. The summed E-state index contributed by atoms with van der Waals surface area (Å²) in [5.41, 5.74) is 0. The van der Waals surface area contributed by atoms with Gasteiger partial charge in [0, 0.05) is 11.8 Å². The lowest BCUT2D eigenvalue weighted by Crippen LogP contribution is -2.98. The smallest absolute Gasteiger partial charge is 0.0915 e. The van der Waals surface area contributed by atoms with Gasteiger partial charge in [0.25, 0.3) is 0 Å². The summed E-state index contributed by atoms with van der Waals surface area (Å²) in [6.45, 7) is 4.84. The lowest BCUT2D eigenvalue weighted by atomic mass is 9.73. The molecule has 1 saturated carbocycles. The molecule has 1 aliphatic carbocycles. The van der Waals surface area contributed by atoms with Crippen LogP contribution < -0.4 is 5.32 Å². The van der Waals surface area contributed by atoms with Crippen molar-refractivity contribution in [2.45, 2.75) is 58.0 Å². The maximum Gasteiger partial charge on any atom is 0.0915 e. The van der Waals surface area contributed by atoms with Crippen LogP contribution in [0.5, 0.6) is 0 Å². The summed E-state index contributed by atoms with van der Waals surface area (Å²) in [5, 5.41) is 2.65. The van der Waals surface area contributed by atoms with Crippen molar-refractivity contribution < 1.29 is 5.32 Å². The molecule has 0 spiro atoms. The van der Waals surface area contributed by atoms with E-state index in [1.54, 1.807) is 0 Å². The van der Waals surface area contributed by atoms with E-state index in [0.29, 0.717) is 0 Å². The molecule has 0 aromatic rings. The molecule has 4 atom stereocenters.